The zero-order valence-corrected chi connectivity index (χ0v) is 12.1. The quantitative estimate of drug-likeness (QED) is 0.714. The molecule has 0 saturated heterocycles. The van der Waals surface area contributed by atoms with Crippen LogP contribution in [0.15, 0.2) is 0 Å². The van der Waals surface area contributed by atoms with Crippen LogP contribution in [0.2, 0.25) is 0 Å². The normalized spacial score (nSPS) is 39.3. The van der Waals surface area contributed by atoms with E-state index in [-0.39, 0.29) is 23.9 Å². The van der Waals surface area contributed by atoms with Crippen molar-refractivity contribution in [1.82, 2.24) is 0 Å². The lowest BCUT2D eigenvalue weighted by Gasteiger charge is -2.32. The standard InChI is InChI=1S/C16H25NO2/c1-11-3-5-13(6-4-11)16(18)19-15-8-7-14(10-17)12(2)9-15/h11-15H,3-9H2,1-2H3. The minimum atomic E-state index is 0.0134. The van der Waals surface area contributed by atoms with Crippen LogP contribution in [0.5, 0.6) is 0 Å². The summed E-state index contributed by atoms with van der Waals surface area (Å²) < 4.78 is 5.68. The molecule has 2 aliphatic rings. The second kappa shape index (κ2) is 6.41. The van der Waals surface area contributed by atoms with Gasteiger partial charge in [0.1, 0.15) is 6.10 Å². The zero-order chi connectivity index (χ0) is 13.8. The number of nitriles is 1. The average Bonchev–Trinajstić information content (AvgIpc) is 2.39. The lowest BCUT2D eigenvalue weighted by molar-refractivity contribution is -0.158. The highest BCUT2D eigenvalue weighted by molar-refractivity contribution is 5.72. The molecule has 2 fully saturated rings. The van der Waals surface area contributed by atoms with Crippen molar-refractivity contribution in [3.63, 3.8) is 0 Å². The molecule has 2 rings (SSSR count). The maximum absolute atomic E-state index is 12.1. The van der Waals surface area contributed by atoms with Crippen LogP contribution in [0.4, 0.5) is 0 Å². The van der Waals surface area contributed by atoms with E-state index >= 15 is 0 Å². The van der Waals surface area contributed by atoms with Crippen molar-refractivity contribution in [1.29, 1.82) is 5.26 Å². The molecule has 0 spiro atoms. The molecule has 0 bridgehead atoms. The van der Waals surface area contributed by atoms with Crippen LogP contribution >= 0.6 is 0 Å². The Bertz CT molecular complexity index is 352. The third-order valence-electron chi connectivity index (χ3n) is 4.92. The van der Waals surface area contributed by atoms with E-state index in [0.29, 0.717) is 5.92 Å². The lowest BCUT2D eigenvalue weighted by Crippen LogP contribution is -2.32. The fourth-order valence-electron chi connectivity index (χ4n) is 3.40. The minimum Gasteiger partial charge on any atom is -0.462 e. The van der Waals surface area contributed by atoms with Gasteiger partial charge in [0.15, 0.2) is 0 Å². The summed E-state index contributed by atoms with van der Waals surface area (Å²) in [6.45, 7) is 4.35. The molecule has 3 nitrogen and oxygen atoms in total. The molecule has 106 valence electrons. The second-order valence-electron chi connectivity index (χ2n) is 6.54. The molecule has 3 atom stereocenters. The Balaban J connectivity index is 1.79. The molecule has 0 amide bonds. The Hall–Kier alpha value is -1.04. The number of carbonyl (C=O) groups excluding carboxylic acids is 1. The molecule has 3 heteroatoms. The smallest absolute Gasteiger partial charge is 0.309 e. The molecule has 0 aliphatic heterocycles. The molecule has 0 heterocycles. The summed E-state index contributed by atoms with van der Waals surface area (Å²) in [6, 6.07) is 2.36. The Morgan fingerprint density at radius 1 is 1.11 bits per heavy atom. The van der Waals surface area contributed by atoms with E-state index < -0.39 is 0 Å². The van der Waals surface area contributed by atoms with E-state index in [0.717, 1.165) is 50.9 Å². The number of carbonyl (C=O) groups is 1. The summed E-state index contributed by atoms with van der Waals surface area (Å²) in [5, 5.41) is 9.00. The SMILES string of the molecule is CC1CCC(C(=O)OC2CCC(C#N)C(C)C2)CC1. The first-order chi connectivity index (χ1) is 9.10. The number of hydrogen-bond acceptors (Lipinski definition) is 3. The maximum Gasteiger partial charge on any atom is 0.309 e. The molecule has 0 aromatic heterocycles. The largest absolute Gasteiger partial charge is 0.462 e. The predicted molar refractivity (Wildman–Crippen MR) is 73.1 cm³/mol. The molecule has 19 heavy (non-hydrogen) atoms. The van der Waals surface area contributed by atoms with Crippen molar-refractivity contribution in [3.05, 3.63) is 0 Å². The number of ether oxygens (including phenoxy) is 1. The van der Waals surface area contributed by atoms with Crippen molar-refractivity contribution in [2.75, 3.05) is 0 Å². The van der Waals surface area contributed by atoms with Crippen LogP contribution in [0.3, 0.4) is 0 Å². The summed E-state index contributed by atoms with van der Waals surface area (Å²) in [5.41, 5.74) is 0. The van der Waals surface area contributed by atoms with Gasteiger partial charge in [-0.3, -0.25) is 4.79 Å². The Kier molecular flexibility index (Phi) is 4.85. The van der Waals surface area contributed by atoms with Gasteiger partial charge in [0.2, 0.25) is 0 Å². The maximum atomic E-state index is 12.1. The Labute approximate surface area is 116 Å². The zero-order valence-electron chi connectivity index (χ0n) is 12.1. The molecule has 2 aliphatic carbocycles. The van der Waals surface area contributed by atoms with Gasteiger partial charge in [-0.25, -0.2) is 0 Å². The second-order valence-corrected chi connectivity index (χ2v) is 6.54. The predicted octanol–water partition coefficient (Wildman–Crippen LogP) is 3.68. The van der Waals surface area contributed by atoms with Crippen molar-refractivity contribution in [2.24, 2.45) is 23.7 Å². The average molecular weight is 263 g/mol. The summed E-state index contributed by atoms with van der Waals surface area (Å²) in [7, 11) is 0. The lowest BCUT2D eigenvalue weighted by atomic mass is 9.79. The van der Waals surface area contributed by atoms with E-state index in [1.54, 1.807) is 0 Å². The van der Waals surface area contributed by atoms with Crippen LogP contribution < -0.4 is 0 Å². The van der Waals surface area contributed by atoms with Gasteiger partial charge in [0.25, 0.3) is 0 Å². The summed E-state index contributed by atoms with van der Waals surface area (Å²) in [4.78, 5) is 12.1. The van der Waals surface area contributed by atoms with E-state index in [9.17, 15) is 4.79 Å². The third kappa shape index (κ3) is 3.72. The van der Waals surface area contributed by atoms with E-state index in [4.69, 9.17) is 10.00 Å². The van der Waals surface area contributed by atoms with Gasteiger partial charge in [-0.2, -0.15) is 5.26 Å². The van der Waals surface area contributed by atoms with Gasteiger partial charge < -0.3 is 4.74 Å². The highest BCUT2D eigenvalue weighted by atomic mass is 16.5. The first kappa shape index (κ1) is 14.4. The first-order valence-electron chi connectivity index (χ1n) is 7.70. The molecule has 0 N–H and O–H groups in total. The summed E-state index contributed by atoms with van der Waals surface area (Å²) >= 11 is 0. The topological polar surface area (TPSA) is 50.1 Å². The van der Waals surface area contributed by atoms with E-state index in [1.165, 1.54) is 0 Å². The minimum absolute atomic E-state index is 0.0134. The number of rotatable bonds is 2. The van der Waals surface area contributed by atoms with Gasteiger partial charge in [-0.05, 0) is 56.8 Å². The van der Waals surface area contributed by atoms with Crippen LogP contribution in [0.1, 0.15) is 58.8 Å². The van der Waals surface area contributed by atoms with E-state index in [2.05, 4.69) is 19.9 Å². The van der Waals surface area contributed by atoms with Crippen molar-refractivity contribution in [3.8, 4) is 6.07 Å². The van der Waals surface area contributed by atoms with Gasteiger partial charge in [0, 0.05) is 5.92 Å². The van der Waals surface area contributed by atoms with Gasteiger partial charge in [0.05, 0.1) is 12.0 Å². The summed E-state index contributed by atoms with van der Waals surface area (Å²) in [5.74, 6) is 1.39. The Morgan fingerprint density at radius 3 is 2.37 bits per heavy atom. The molecular formula is C16H25NO2. The molecule has 3 unspecified atom stereocenters. The van der Waals surface area contributed by atoms with Gasteiger partial charge in [-0.1, -0.05) is 13.8 Å². The summed E-state index contributed by atoms with van der Waals surface area (Å²) in [6.07, 6.45) is 6.91. The fourth-order valence-corrected chi connectivity index (χ4v) is 3.40. The fraction of sp³-hybridized carbons (Fsp3) is 0.875. The molecular weight excluding hydrogens is 238 g/mol. The van der Waals surface area contributed by atoms with E-state index in [1.807, 2.05) is 0 Å². The van der Waals surface area contributed by atoms with Crippen molar-refractivity contribution >= 4 is 5.97 Å². The Morgan fingerprint density at radius 2 is 1.79 bits per heavy atom. The van der Waals surface area contributed by atoms with Crippen LogP contribution in [0, 0.1) is 35.0 Å². The molecule has 0 aromatic rings. The number of nitrogens with zero attached hydrogens (tertiary/aromatic N) is 1. The van der Waals surface area contributed by atoms with Crippen LogP contribution in [-0.4, -0.2) is 12.1 Å². The third-order valence-corrected chi connectivity index (χ3v) is 4.92. The van der Waals surface area contributed by atoms with Gasteiger partial charge >= 0.3 is 5.97 Å². The molecule has 2 saturated carbocycles. The number of esters is 1. The van der Waals surface area contributed by atoms with Crippen LogP contribution in [-0.2, 0) is 9.53 Å². The van der Waals surface area contributed by atoms with Crippen LogP contribution in [0.25, 0.3) is 0 Å². The van der Waals surface area contributed by atoms with Crippen molar-refractivity contribution in [2.45, 2.75) is 64.9 Å². The highest BCUT2D eigenvalue weighted by Crippen LogP contribution is 2.33. The van der Waals surface area contributed by atoms with Crippen molar-refractivity contribution < 1.29 is 9.53 Å². The monoisotopic (exact) mass is 263 g/mol. The molecule has 0 radical (unpaired) electrons. The highest BCUT2D eigenvalue weighted by Gasteiger charge is 2.32. The van der Waals surface area contributed by atoms with Gasteiger partial charge in [-0.15, -0.1) is 0 Å². The number of hydrogen-bond donors (Lipinski definition) is 0. The molecule has 0 aromatic carbocycles. The first-order valence-corrected chi connectivity index (χ1v) is 7.70.